The molecule has 2 aromatic heterocycles. The number of nitrogens with zero attached hydrogens (tertiary/aromatic N) is 6. The molecule has 0 unspecified atom stereocenters. The first-order valence-corrected chi connectivity index (χ1v) is 12.4. The molecule has 0 spiro atoms. The number of H-pyrrole nitrogens is 1. The minimum atomic E-state index is -0.193. The van der Waals surface area contributed by atoms with Crippen molar-refractivity contribution in [3.63, 3.8) is 0 Å². The molecule has 5 rings (SSSR count). The van der Waals surface area contributed by atoms with E-state index in [1.54, 1.807) is 19.2 Å². The maximum Gasteiger partial charge on any atom is 0.267 e. The van der Waals surface area contributed by atoms with Crippen LogP contribution in [0.4, 0.5) is 11.5 Å². The van der Waals surface area contributed by atoms with Gasteiger partial charge in [-0.05, 0) is 66.8 Å². The van der Waals surface area contributed by atoms with Crippen LogP contribution in [0.1, 0.15) is 5.82 Å². The molecule has 1 N–H and O–H groups in total. The van der Waals surface area contributed by atoms with Crippen LogP contribution in [-0.4, -0.2) is 57.8 Å². The van der Waals surface area contributed by atoms with E-state index in [1.807, 2.05) is 41.0 Å². The minimum Gasteiger partial charge on any atom is -0.497 e. The fourth-order valence-corrected chi connectivity index (χ4v) is 4.65. The Kier molecular flexibility index (Phi) is 6.69. The van der Waals surface area contributed by atoms with Crippen LogP contribution in [0, 0.1) is 4.77 Å². The second-order valence-electron chi connectivity index (χ2n) is 8.12. The summed E-state index contributed by atoms with van der Waals surface area (Å²) in [6, 6.07) is 19.2. The van der Waals surface area contributed by atoms with Gasteiger partial charge >= 0.3 is 0 Å². The van der Waals surface area contributed by atoms with Crippen molar-refractivity contribution in [2.24, 2.45) is 0 Å². The summed E-state index contributed by atoms with van der Waals surface area (Å²) in [6.07, 6.45) is 0. The maximum absolute atomic E-state index is 12.6. The summed E-state index contributed by atoms with van der Waals surface area (Å²) in [5.74, 6) is 2.22. The molecule has 35 heavy (non-hydrogen) atoms. The predicted octanol–water partition coefficient (Wildman–Crippen LogP) is 3.63. The van der Waals surface area contributed by atoms with Crippen LogP contribution in [0.5, 0.6) is 5.75 Å². The van der Waals surface area contributed by atoms with Gasteiger partial charge in [-0.15, -0.1) is 0 Å². The average Bonchev–Trinajstić information content (AvgIpc) is 3.25. The Morgan fingerprint density at radius 2 is 1.60 bits per heavy atom. The Labute approximate surface area is 215 Å². The van der Waals surface area contributed by atoms with Gasteiger partial charge in [-0.1, -0.05) is 15.9 Å². The summed E-state index contributed by atoms with van der Waals surface area (Å²) in [7, 11) is 1.67. The van der Waals surface area contributed by atoms with E-state index in [2.05, 4.69) is 53.2 Å². The average molecular weight is 554 g/mol. The highest BCUT2D eigenvalue weighted by atomic mass is 79.9. The molecular weight excluding hydrogens is 530 g/mol. The van der Waals surface area contributed by atoms with Gasteiger partial charge in [-0.2, -0.15) is 10.2 Å². The number of piperazine rings is 1. The lowest BCUT2D eigenvalue weighted by Gasteiger charge is -2.36. The van der Waals surface area contributed by atoms with Crippen molar-refractivity contribution in [3.8, 4) is 11.4 Å². The van der Waals surface area contributed by atoms with Crippen molar-refractivity contribution in [3.05, 3.63) is 86.1 Å². The molecule has 180 valence electrons. The summed E-state index contributed by atoms with van der Waals surface area (Å²) >= 11 is 8.89. The van der Waals surface area contributed by atoms with Crippen LogP contribution < -0.4 is 20.1 Å². The van der Waals surface area contributed by atoms with Gasteiger partial charge in [0, 0.05) is 48.1 Å². The number of benzene rings is 2. The molecule has 0 radical (unpaired) electrons. The zero-order valence-corrected chi connectivity index (χ0v) is 21.5. The van der Waals surface area contributed by atoms with E-state index >= 15 is 0 Å². The number of anilines is 2. The van der Waals surface area contributed by atoms with Gasteiger partial charge in [-0.25, -0.2) is 4.68 Å². The van der Waals surface area contributed by atoms with E-state index < -0.39 is 0 Å². The number of aromatic nitrogens is 5. The van der Waals surface area contributed by atoms with Gasteiger partial charge in [0.1, 0.15) is 18.1 Å². The van der Waals surface area contributed by atoms with Crippen LogP contribution in [0.3, 0.4) is 0 Å². The molecule has 11 heteroatoms. The summed E-state index contributed by atoms with van der Waals surface area (Å²) in [6.45, 7) is 3.51. The molecule has 0 aliphatic carbocycles. The summed E-state index contributed by atoms with van der Waals surface area (Å²) in [5.41, 5.74) is 1.84. The standard InChI is InChI=1S/C24H24BrN7O2S/c1-34-20-8-6-18(7-9-20)29-12-14-30(15-13-29)21-10-11-23(33)31(28-21)16-22-26-27-24(35)32(22)19-4-2-17(25)3-5-19/h2-11H,12-16H2,1H3,(H,27,35). The number of methoxy groups -OCH3 is 1. The quantitative estimate of drug-likeness (QED) is 0.365. The molecule has 0 bridgehead atoms. The summed E-state index contributed by atoms with van der Waals surface area (Å²) in [4.78, 5) is 17.2. The number of hydrogen-bond donors (Lipinski definition) is 1. The van der Waals surface area contributed by atoms with Gasteiger partial charge < -0.3 is 14.5 Å². The topological polar surface area (TPSA) is 84.2 Å². The third-order valence-corrected chi connectivity index (χ3v) is 6.81. The van der Waals surface area contributed by atoms with Crippen LogP contribution in [-0.2, 0) is 6.54 Å². The molecule has 1 aliphatic rings. The van der Waals surface area contributed by atoms with Crippen molar-refractivity contribution in [1.82, 2.24) is 24.5 Å². The first kappa shape index (κ1) is 23.3. The highest BCUT2D eigenvalue weighted by molar-refractivity contribution is 9.10. The van der Waals surface area contributed by atoms with E-state index in [1.165, 1.54) is 10.4 Å². The lowest BCUT2D eigenvalue weighted by molar-refractivity contribution is 0.415. The first-order chi connectivity index (χ1) is 17.0. The number of rotatable bonds is 6. The second kappa shape index (κ2) is 10.0. The Balaban J connectivity index is 1.33. The molecule has 0 amide bonds. The van der Waals surface area contributed by atoms with Crippen molar-refractivity contribution < 1.29 is 4.74 Å². The van der Waals surface area contributed by atoms with Crippen LogP contribution in [0.25, 0.3) is 5.69 Å². The monoisotopic (exact) mass is 553 g/mol. The Morgan fingerprint density at radius 1 is 0.943 bits per heavy atom. The van der Waals surface area contributed by atoms with Crippen molar-refractivity contribution in [1.29, 1.82) is 0 Å². The van der Waals surface area contributed by atoms with E-state index in [0.29, 0.717) is 10.6 Å². The number of halogens is 1. The molecule has 0 saturated carbocycles. The lowest BCUT2D eigenvalue weighted by atomic mass is 10.2. The van der Waals surface area contributed by atoms with Crippen molar-refractivity contribution >= 4 is 39.7 Å². The predicted molar refractivity (Wildman–Crippen MR) is 141 cm³/mol. The molecule has 1 aliphatic heterocycles. The van der Waals surface area contributed by atoms with Gasteiger partial charge in [0.25, 0.3) is 5.56 Å². The van der Waals surface area contributed by atoms with Crippen molar-refractivity contribution in [2.45, 2.75) is 6.54 Å². The minimum absolute atomic E-state index is 0.193. The molecule has 4 aromatic rings. The van der Waals surface area contributed by atoms with E-state index in [9.17, 15) is 4.79 Å². The highest BCUT2D eigenvalue weighted by Crippen LogP contribution is 2.22. The van der Waals surface area contributed by atoms with Gasteiger partial charge in [0.05, 0.1) is 7.11 Å². The zero-order chi connectivity index (χ0) is 24.4. The number of ether oxygens (including phenoxy) is 1. The molecular formula is C24H24BrN7O2S. The molecule has 9 nitrogen and oxygen atoms in total. The number of nitrogens with one attached hydrogen (secondary N) is 1. The highest BCUT2D eigenvalue weighted by Gasteiger charge is 2.20. The maximum atomic E-state index is 12.6. The summed E-state index contributed by atoms with van der Waals surface area (Å²) < 4.78 is 9.93. The Bertz CT molecular complexity index is 1420. The van der Waals surface area contributed by atoms with Gasteiger partial charge in [0.2, 0.25) is 0 Å². The molecule has 2 aromatic carbocycles. The largest absolute Gasteiger partial charge is 0.497 e. The normalized spacial score (nSPS) is 13.8. The van der Waals surface area contributed by atoms with Crippen LogP contribution in [0.2, 0.25) is 0 Å². The number of hydrogen-bond acceptors (Lipinski definition) is 7. The van der Waals surface area contributed by atoms with E-state index in [-0.39, 0.29) is 12.1 Å². The molecule has 3 heterocycles. The van der Waals surface area contributed by atoms with Crippen LogP contribution in [0.15, 0.2) is 69.9 Å². The van der Waals surface area contributed by atoms with Gasteiger partial charge in [0.15, 0.2) is 10.6 Å². The summed E-state index contributed by atoms with van der Waals surface area (Å²) in [5, 5.41) is 11.8. The van der Waals surface area contributed by atoms with E-state index in [0.717, 1.165) is 47.9 Å². The first-order valence-electron chi connectivity index (χ1n) is 11.2. The van der Waals surface area contributed by atoms with Crippen LogP contribution >= 0.6 is 28.1 Å². The Morgan fingerprint density at radius 3 is 2.29 bits per heavy atom. The molecule has 1 fully saturated rings. The smallest absolute Gasteiger partial charge is 0.267 e. The zero-order valence-electron chi connectivity index (χ0n) is 19.1. The van der Waals surface area contributed by atoms with Gasteiger partial charge in [-0.3, -0.25) is 14.5 Å². The Hall–Kier alpha value is -3.44. The molecule has 0 atom stereocenters. The molecule has 1 saturated heterocycles. The van der Waals surface area contributed by atoms with Crippen molar-refractivity contribution in [2.75, 3.05) is 43.1 Å². The fourth-order valence-electron chi connectivity index (χ4n) is 4.13. The SMILES string of the molecule is COc1ccc(N2CCN(c3ccc(=O)n(Cc4n[nH]c(=S)n4-c4ccc(Br)cc4)n3)CC2)cc1. The van der Waals surface area contributed by atoms with E-state index in [4.69, 9.17) is 17.0 Å². The third kappa shape index (κ3) is 5.01. The third-order valence-electron chi connectivity index (χ3n) is 6.01. The fraction of sp³-hybridized carbons (Fsp3) is 0.250. The lowest BCUT2D eigenvalue weighted by Crippen LogP contribution is -2.47. The second-order valence-corrected chi connectivity index (χ2v) is 9.42. The number of aromatic amines is 1.